The van der Waals surface area contributed by atoms with Gasteiger partial charge in [-0.2, -0.15) is 0 Å². The van der Waals surface area contributed by atoms with E-state index in [1.807, 2.05) is 0 Å². The van der Waals surface area contributed by atoms with Crippen molar-refractivity contribution in [3.63, 3.8) is 0 Å². The summed E-state index contributed by atoms with van der Waals surface area (Å²) in [6.07, 6.45) is 4.16. The van der Waals surface area contributed by atoms with E-state index in [0.717, 1.165) is 0 Å². The summed E-state index contributed by atoms with van der Waals surface area (Å²) in [5.74, 6) is -1.26. The number of nitrogens with one attached hydrogen (secondary N) is 2. The summed E-state index contributed by atoms with van der Waals surface area (Å²) in [5.41, 5.74) is 6.21. The van der Waals surface area contributed by atoms with E-state index in [-0.39, 0.29) is 36.3 Å². The summed E-state index contributed by atoms with van der Waals surface area (Å²) in [7, 11) is 0. The molecule has 26 heavy (non-hydrogen) atoms. The predicted molar refractivity (Wildman–Crippen MR) is 92.1 cm³/mol. The van der Waals surface area contributed by atoms with E-state index in [0.29, 0.717) is 42.3 Å². The van der Waals surface area contributed by atoms with Crippen LogP contribution in [0.5, 0.6) is 0 Å². The number of carbonyl (C=O) groups is 2. The number of amides is 1. The average molecular weight is 360 g/mol. The van der Waals surface area contributed by atoms with Crippen LogP contribution in [0.25, 0.3) is 11.1 Å². The maximum Gasteiger partial charge on any atom is 0.329 e. The molecule has 0 spiro atoms. The van der Waals surface area contributed by atoms with Gasteiger partial charge >= 0.3 is 5.97 Å². The van der Waals surface area contributed by atoms with E-state index >= 15 is 0 Å². The third kappa shape index (κ3) is 4.17. The molecule has 1 fully saturated rings. The minimum absolute atomic E-state index is 0.0128. The number of hydrogen-bond donors (Lipinski definition) is 4. The number of aliphatic carboxylic acids is 1. The number of ether oxygens (including phenoxy) is 1. The Bertz CT molecular complexity index is 839. The Labute approximate surface area is 149 Å². The van der Waals surface area contributed by atoms with Gasteiger partial charge in [0.25, 0.3) is 5.91 Å². The molecule has 3 rings (SSSR count). The van der Waals surface area contributed by atoms with Crippen molar-refractivity contribution in [3.05, 3.63) is 29.7 Å². The van der Waals surface area contributed by atoms with Crippen molar-refractivity contribution in [1.82, 2.24) is 10.3 Å². The third-order valence-electron chi connectivity index (χ3n) is 4.36. The molecule has 0 atom stereocenters. The number of rotatable bonds is 6. The predicted octanol–water partition coefficient (Wildman–Crippen LogP) is 1.25. The van der Waals surface area contributed by atoms with E-state index in [4.69, 9.17) is 25.4 Å². The number of nitrogens with zero attached hydrogens (tertiary/aromatic N) is 1. The number of carboxylic acids is 1. The standard InChI is InChI=1S/C17H20N4O5/c18-15(19)10-5-9-6-13(26-17(9)20-7-10)16(24)21-11-1-3-12(4-2-11)25-8-14(22)23/h5-7,11-12H,1-4,8H2,(H3,18,19)(H,21,24)(H,22,23)/t11-,12-. The number of nitrogen functional groups attached to an aromatic ring is 1. The highest BCUT2D eigenvalue weighted by atomic mass is 16.5. The fourth-order valence-corrected chi connectivity index (χ4v) is 3.01. The van der Waals surface area contributed by atoms with Gasteiger partial charge in [-0.1, -0.05) is 0 Å². The number of hydrogen-bond acceptors (Lipinski definition) is 6. The summed E-state index contributed by atoms with van der Waals surface area (Å²) >= 11 is 0. The maximum absolute atomic E-state index is 12.4. The monoisotopic (exact) mass is 360 g/mol. The van der Waals surface area contributed by atoms with Gasteiger partial charge in [-0.15, -0.1) is 0 Å². The van der Waals surface area contributed by atoms with Crippen LogP contribution in [0.15, 0.2) is 22.7 Å². The van der Waals surface area contributed by atoms with Gasteiger partial charge in [-0.05, 0) is 37.8 Å². The van der Waals surface area contributed by atoms with Gasteiger partial charge in [0.2, 0.25) is 5.71 Å². The molecule has 1 saturated carbocycles. The average Bonchev–Trinajstić information content (AvgIpc) is 3.04. The second-order valence-corrected chi connectivity index (χ2v) is 6.29. The lowest BCUT2D eigenvalue weighted by molar-refractivity contribution is -0.145. The first-order chi connectivity index (χ1) is 12.4. The quantitative estimate of drug-likeness (QED) is 0.447. The smallest absolute Gasteiger partial charge is 0.329 e. The van der Waals surface area contributed by atoms with Crippen LogP contribution in [0, 0.1) is 5.41 Å². The van der Waals surface area contributed by atoms with Gasteiger partial charge in [0.15, 0.2) is 5.76 Å². The highest BCUT2D eigenvalue weighted by Gasteiger charge is 2.25. The number of furan rings is 1. The SMILES string of the molecule is N=C(N)c1cnc2oc(C(=O)N[C@H]3CC[C@H](OCC(=O)O)CC3)cc2c1. The van der Waals surface area contributed by atoms with Crippen LogP contribution in [-0.4, -0.2) is 46.6 Å². The van der Waals surface area contributed by atoms with Crippen molar-refractivity contribution in [2.75, 3.05) is 6.61 Å². The number of amidine groups is 1. The molecule has 0 aromatic carbocycles. The van der Waals surface area contributed by atoms with Gasteiger partial charge in [-0.3, -0.25) is 10.2 Å². The van der Waals surface area contributed by atoms with Crippen LogP contribution in [0.4, 0.5) is 0 Å². The molecule has 1 amide bonds. The van der Waals surface area contributed by atoms with Crippen molar-refractivity contribution >= 4 is 28.8 Å². The summed E-state index contributed by atoms with van der Waals surface area (Å²) in [6.45, 7) is -0.296. The number of carboxylic acid groups (broad SMARTS) is 1. The lowest BCUT2D eigenvalue weighted by Gasteiger charge is -2.28. The summed E-state index contributed by atoms with van der Waals surface area (Å²) in [5, 5.41) is 19.6. The molecule has 0 radical (unpaired) electrons. The molecule has 138 valence electrons. The molecule has 0 bridgehead atoms. The lowest BCUT2D eigenvalue weighted by atomic mass is 9.93. The van der Waals surface area contributed by atoms with Gasteiger partial charge < -0.3 is 25.3 Å². The third-order valence-corrected chi connectivity index (χ3v) is 4.36. The molecule has 0 saturated heterocycles. The largest absolute Gasteiger partial charge is 0.480 e. The Morgan fingerprint density at radius 3 is 2.73 bits per heavy atom. The van der Waals surface area contributed by atoms with Gasteiger partial charge in [0, 0.05) is 23.2 Å². The van der Waals surface area contributed by atoms with E-state index in [1.54, 1.807) is 12.1 Å². The van der Waals surface area contributed by atoms with Gasteiger partial charge in [-0.25, -0.2) is 9.78 Å². The van der Waals surface area contributed by atoms with Crippen LogP contribution in [-0.2, 0) is 9.53 Å². The van der Waals surface area contributed by atoms with Crippen LogP contribution in [0.2, 0.25) is 0 Å². The zero-order valence-corrected chi connectivity index (χ0v) is 14.0. The molecule has 9 nitrogen and oxygen atoms in total. The molecular weight excluding hydrogens is 340 g/mol. The summed E-state index contributed by atoms with van der Waals surface area (Å²) in [6, 6.07) is 3.21. The molecule has 0 aliphatic heterocycles. The minimum Gasteiger partial charge on any atom is -0.480 e. The Kier molecular flexibility index (Phi) is 5.17. The maximum atomic E-state index is 12.4. The molecule has 1 aliphatic rings. The Hall–Kier alpha value is -2.94. The minimum atomic E-state index is -0.980. The number of fused-ring (bicyclic) bond motifs is 1. The Morgan fingerprint density at radius 1 is 1.35 bits per heavy atom. The Balaban J connectivity index is 1.58. The second-order valence-electron chi connectivity index (χ2n) is 6.29. The molecule has 1 aliphatic carbocycles. The molecule has 0 unspecified atom stereocenters. The highest BCUT2D eigenvalue weighted by Crippen LogP contribution is 2.23. The molecular formula is C17H20N4O5. The number of nitrogens with two attached hydrogens (primary N) is 1. The fourth-order valence-electron chi connectivity index (χ4n) is 3.01. The number of aromatic nitrogens is 1. The van der Waals surface area contributed by atoms with Gasteiger partial charge in [0.1, 0.15) is 12.4 Å². The summed E-state index contributed by atoms with van der Waals surface area (Å²) in [4.78, 5) is 27.0. The fraction of sp³-hybridized carbons (Fsp3) is 0.412. The molecule has 2 heterocycles. The first-order valence-corrected chi connectivity index (χ1v) is 8.30. The highest BCUT2D eigenvalue weighted by molar-refractivity contribution is 5.99. The first kappa shape index (κ1) is 17.9. The van der Waals surface area contributed by atoms with Crippen molar-refractivity contribution in [2.24, 2.45) is 5.73 Å². The van der Waals surface area contributed by atoms with Crippen molar-refractivity contribution in [3.8, 4) is 0 Å². The van der Waals surface area contributed by atoms with Crippen LogP contribution < -0.4 is 11.1 Å². The summed E-state index contributed by atoms with van der Waals surface area (Å²) < 4.78 is 10.8. The first-order valence-electron chi connectivity index (χ1n) is 8.30. The van der Waals surface area contributed by atoms with E-state index in [2.05, 4.69) is 10.3 Å². The van der Waals surface area contributed by atoms with Crippen LogP contribution in [0.1, 0.15) is 41.8 Å². The zero-order chi connectivity index (χ0) is 18.7. The van der Waals surface area contributed by atoms with E-state index < -0.39 is 5.97 Å². The molecule has 5 N–H and O–H groups in total. The normalized spacial score (nSPS) is 20.0. The number of carbonyl (C=O) groups excluding carboxylic acids is 1. The number of pyridine rings is 1. The van der Waals surface area contributed by atoms with Crippen molar-refractivity contribution < 1.29 is 23.8 Å². The van der Waals surface area contributed by atoms with Crippen LogP contribution >= 0.6 is 0 Å². The molecule has 9 heteroatoms. The van der Waals surface area contributed by atoms with Crippen molar-refractivity contribution in [2.45, 2.75) is 37.8 Å². The van der Waals surface area contributed by atoms with Crippen molar-refractivity contribution in [1.29, 1.82) is 5.41 Å². The Morgan fingerprint density at radius 2 is 2.08 bits per heavy atom. The van der Waals surface area contributed by atoms with Crippen LogP contribution in [0.3, 0.4) is 0 Å². The lowest BCUT2D eigenvalue weighted by Crippen LogP contribution is -2.39. The van der Waals surface area contributed by atoms with E-state index in [1.165, 1.54) is 6.20 Å². The van der Waals surface area contributed by atoms with E-state index in [9.17, 15) is 9.59 Å². The molecule has 2 aromatic rings. The van der Waals surface area contributed by atoms with Gasteiger partial charge in [0.05, 0.1) is 6.10 Å². The molecule has 2 aromatic heterocycles. The second kappa shape index (κ2) is 7.52. The zero-order valence-electron chi connectivity index (χ0n) is 14.0. The topological polar surface area (TPSA) is 152 Å².